The van der Waals surface area contributed by atoms with Gasteiger partial charge < -0.3 is 14.9 Å². The van der Waals surface area contributed by atoms with Crippen LogP contribution in [0.2, 0.25) is 0 Å². The Balaban J connectivity index is 1.90. The van der Waals surface area contributed by atoms with Gasteiger partial charge in [-0.15, -0.1) is 0 Å². The summed E-state index contributed by atoms with van der Waals surface area (Å²) in [5.41, 5.74) is 3.98. The van der Waals surface area contributed by atoms with Crippen molar-refractivity contribution >= 4 is 0 Å². The van der Waals surface area contributed by atoms with Crippen LogP contribution in [0.4, 0.5) is 0 Å². The van der Waals surface area contributed by atoms with Crippen molar-refractivity contribution in [3.63, 3.8) is 0 Å². The summed E-state index contributed by atoms with van der Waals surface area (Å²) in [6.07, 6.45) is 6.20. The molecular weight excluding hydrogens is 288 g/mol. The average molecular weight is 314 g/mol. The van der Waals surface area contributed by atoms with Gasteiger partial charge in [-0.3, -0.25) is 0 Å². The van der Waals surface area contributed by atoms with E-state index in [0.29, 0.717) is 6.42 Å². The first-order valence-electron chi connectivity index (χ1n) is 8.73. The number of hydrogen-bond acceptors (Lipinski definition) is 3. The van der Waals surface area contributed by atoms with Crippen LogP contribution in [0.5, 0.6) is 11.5 Å². The van der Waals surface area contributed by atoms with Crippen LogP contribution in [0, 0.1) is 5.41 Å². The highest BCUT2D eigenvalue weighted by Gasteiger charge is 2.54. The minimum Gasteiger partial charge on any atom is -0.504 e. The molecule has 1 aliphatic carbocycles. The van der Waals surface area contributed by atoms with Crippen molar-refractivity contribution in [2.45, 2.75) is 71.0 Å². The molecule has 2 atom stereocenters. The highest BCUT2D eigenvalue weighted by molar-refractivity contribution is 5.60. The second-order valence-electron chi connectivity index (χ2n) is 8.41. The molecular formula is C20H26O3. The predicted octanol–water partition coefficient (Wildman–Crippen LogP) is 4.72. The zero-order chi connectivity index (χ0) is 16.6. The molecule has 2 unspecified atom stereocenters. The number of benzene rings is 1. The lowest BCUT2D eigenvalue weighted by atomic mass is 9.64. The number of aromatic hydroxyl groups is 2. The molecule has 0 radical (unpaired) electrons. The van der Waals surface area contributed by atoms with Crippen molar-refractivity contribution in [2.75, 3.05) is 0 Å². The Morgan fingerprint density at radius 2 is 1.91 bits per heavy atom. The minimum atomic E-state index is -0.275. The van der Waals surface area contributed by atoms with Crippen LogP contribution in [0.15, 0.2) is 17.7 Å². The predicted molar refractivity (Wildman–Crippen MR) is 89.8 cm³/mol. The molecule has 0 amide bonds. The minimum absolute atomic E-state index is 0.0491. The van der Waals surface area contributed by atoms with E-state index in [-0.39, 0.29) is 34.5 Å². The van der Waals surface area contributed by atoms with Crippen molar-refractivity contribution in [3.05, 3.63) is 34.4 Å². The van der Waals surface area contributed by atoms with Crippen molar-refractivity contribution < 1.29 is 14.9 Å². The third-order valence-corrected chi connectivity index (χ3v) is 6.11. The lowest BCUT2D eigenvalue weighted by Gasteiger charge is -2.46. The van der Waals surface area contributed by atoms with Gasteiger partial charge in [0.2, 0.25) is 0 Å². The quantitative estimate of drug-likeness (QED) is 0.582. The van der Waals surface area contributed by atoms with Crippen LogP contribution >= 0.6 is 0 Å². The van der Waals surface area contributed by atoms with Gasteiger partial charge in [0.1, 0.15) is 6.10 Å². The topological polar surface area (TPSA) is 49.7 Å². The van der Waals surface area contributed by atoms with Crippen molar-refractivity contribution in [2.24, 2.45) is 5.41 Å². The first kappa shape index (κ1) is 15.1. The van der Waals surface area contributed by atoms with E-state index >= 15 is 0 Å². The number of rotatable bonds is 1. The number of fused-ring (bicyclic) bond motifs is 3. The van der Waals surface area contributed by atoms with Gasteiger partial charge in [-0.1, -0.05) is 27.7 Å². The molecule has 1 saturated carbocycles. The number of phenolic OH excluding ortho intramolecular Hbond substituents is 2. The van der Waals surface area contributed by atoms with E-state index < -0.39 is 0 Å². The molecule has 3 aliphatic rings. The zero-order valence-corrected chi connectivity index (χ0v) is 14.4. The Hall–Kier alpha value is -1.48. The summed E-state index contributed by atoms with van der Waals surface area (Å²) in [7, 11) is 0. The lowest BCUT2D eigenvalue weighted by Crippen LogP contribution is -2.44. The molecule has 0 aromatic heterocycles. The van der Waals surface area contributed by atoms with E-state index in [1.165, 1.54) is 12.0 Å². The Kier molecular flexibility index (Phi) is 2.97. The van der Waals surface area contributed by atoms with E-state index in [0.717, 1.165) is 29.5 Å². The Bertz CT molecular complexity index is 714. The van der Waals surface area contributed by atoms with Gasteiger partial charge in [0.15, 0.2) is 11.5 Å². The van der Waals surface area contributed by atoms with E-state index in [9.17, 15) is 10.2 Å². The number of ether oxygens (including phenoxy) is 1. The smallest absolute Gasteiger partial charge is 0.161 e. The lowest BCUT2D eigenvalue weighted by molar-refractivity contribution is -0.0677. The Morgan fingerprint density at radius 3 is 2.61 bits per heavy atom. The van der Waals surface area contributed by atoms with E-state index in [2.05, 4.69) is 19.9 Å². The Labute approximate surface area is 138 Å². The molecule has 3 nitrogen and oxygen atoms in total. The molecule has 1 aromatic rings. The molecule has 23 heavy (non-hydrogen) atoms. The van der Waals surface area contributed by atoms with Crippen molar-refractivity contribution in [3.8, 4) is 11.5 Å². The maximum absolute atomic E-state index is 10.6. The van der Waals surface area contributed by atoms with Crippen LogP contribution in [-0.2, 0) is 11.2 Å². The molecule has 2 aliphatic heterocycles. The standard InChI is InChI=1S/C20H26O3/c1-11(2)12-8-13-14(18(22)17(12)21)10-20-7-5-6-19(3,4)16(20)9-15(13)23-20/h8-9,11,15,21-22H,5-7,10H2,1-4H3. The van der Waals surface area contributed by atoms with Gasteiger partial charge >= 0.3 is 0 Å². The average Bonchev–Trinajstić information content (AvgIpc) is 2.78. The molecule has 3 heteroatoms. The van der Waals surface area contributed by atoms with Crippen molar-refractivity contribution in [1.29, 1.82) is 0 Å². The fourth-order valence-corrected chi connectivity index (χ4v) is 4.91. The van der Waals surface area contributed by atoms with E-state index in [1.807, 2.05) is 19.9 Å². The second-order valence-corrected chi connectivity index (χ2v) is 8.41. The van der Waals surface area contributed by atoms with E-state index in [4.69, 9.17) is 4.74 Å². The van der Waals surface area contributed by atoms with Crippen molar-refractivity contribution in [1.82, 2.24) is 0 Å². The highest BCUT2D eigenvalue weighted by Crippen LogP contribution is 2.60. The van der Waals surface area contributed by atoms with Crippen LogP contribution in [0.25, 0.3) is 0 Å². The summed E-state index contributed by atoms with van der Waals surface area (Å²) in [6.45, 7) is 8.65. The third kappa shape index (κ3) is 1.92. The molecule has 1 aromatic carbocycles. The highest BCUT2D eigenvalue weighted by atomic mass is 16.5. The van der Waals surface area contributed by atoms with Crippen LogP contribution in [-0.4, -0.2) is 15.8 Å². The molecule has 2 bridgehead atoms. The fraction of sp³-hybridized carbons (Fsp3) is 0.600. The monoisotopic (exact) mass is 314 g/mol. The molecule has 2 heterocycles. The normalized spacial score (nSPS) is 30.8. The zero-order valence-electron chi connectivity index (χ0n) is 14.4. The van der Waals surface area contributed by atoms with Gasteiger partial charge in [-0.05, 0) is 53.9 Å². The maximum atomic E-state index is 10.6. The molecule has 4 rings (SSSR count). The first-order valence-corrected chi connectivity index (χ1v) is 8.73. The second kappa shape index (κ2) is 4.54. The first-order chi connectivity index (χ1) is 10.8. The van der Waals surface area contributed by atoms with Gasteiger partial charge in [0, 0.05) is 17.5 Å². The molecule has 124 valence electrons. The summed E-state index contributed by atoms with van der Waals surface area (Å²) in [6, 6.07) is 2.04. The van der Waals surface area contributed by atoms with Gasteiger partial charge in [-0.25, -0.2) is 0 Å². The summed E-state index contributed by atoms with van der Waals surface area (Å²) in [5.74, 6) is 0.278. The summed E-state index contributed by atoms with van der Waals surface area (Å²) >= 11 is 0. The largest absolute Gasteiger partial charge is 0.504 e. The summed E-state index contributed by atoms with van der Waals surface area (Å²) in [5, 5.41) is 21.0. The molecule has 1 fully saturated rings. The molecule has 0 saturated heterocycles. The maximum Gasteiger partial charge on any atom is 0.161 e. The van der Waals surface area contributed by atoms with Gasteiger partial charge in [-0.2, -0.15) is 0 Å². The number of phenols is 2. The molecule has 1 spiro atoms. The summed E-state index contributed by atoms with van der Waals surface area (Å²) < 4.78 is 6.50. The third-order valence-electron chi connectivity index (χ3n) is 6.11. The Morgan fingerprint density at radius 1 is 1.17 bits per heavy atom. The van der Waals surface area contributed by atoms with Crippen LogP contribution in [0.3, 0.4) is 0 Å². The fourth-order valence-electron chi connectivity index (χ4n) is 4.91. The van der Waals surface area contributed by atoms with Gasteiger partial charge in [0.25, 0.3) is 0 Å². The van der Waals surface area contributed by atoms with Crippen LogP contribution in [0.1, 0.15) is 75.7 Å². The summed E-state index contributed by atoms with van der Waals surface area (Å²) in [4.78, 5) is 0. The number of hydrogen-bond donors (Lipinski definition) is 2. The van der Waals surface area contributed by atoms with E-state index in [1.54, 1.807) is 0 Å². The van der Waals surface area contributed by atoms with Crippen LogP contribution < -0.4 is 0 Å². The molecule has 2 N–H and O–H groups in total. The SMILES string of the molecule is CC(C)c1cc2c(c(O)c1O)CC13CCCC(C)(C)C1=CC2O3. The van der Waals surface area contributed by atoms with Gasteiger partial charge in [0.05, 0.1) is 5.60 Å².